The number of hydrogen-bond acceptors (Lipinski definition) is 4. The first-order valence-corrected chi connectivity index (χ1v) is 13.2. The maximum absolute atomic E-state index is 12.5. The molecule has 0 saturated heterocycles. The van der Waals surface area contributed by atoms with Gasteiger partial charge in [0.05, 0.1) is 5.69 Å². The molecule has 6 nitrogen and oxygen atoms in total. The van der Waals surface area contributed by atoms with E-state index in [1.807, 2.05) is 24.3 Å². The zero-order valence-electron chi connectivity index (χ0n) is 21.0. The monoisotopic (exact) mass is 496 g/mol. The SMILES string of the molecule is CC(Oc1ccc([C@@]2(c3ccc(C(=O)NC4CC4)cc3)C[C@@H]3CC[C@H]2C3)cc1)(C(=O)O)c1ccccn1. The molecule has 0 radical (unpaired) electrons. The zero-order valence-corrected chi connectivity index (χ0v) is 21.0. The number of amides is 1. The third-order valence-electron chi connectivity index (χ3n) is 8.68. The maximum atomic E-state index is 12.5. The average Bonchev–Trinajstić information content (AvgIpc) is 3.49. The number of nitrogens with zero attached hydrogens (tertiary/aromatic N) is 1. The molecule has 3 aliphatic carbocycles. The number of carbonyl (C=O) groups is 2. The lowest BCUT2D eigenvalue weighted by Gasteiger charge is -2.39. The Morgan fingerprint density at radius 1 is 0.973 bits per heavy atom. The van der Waals surface area contributed by atoms with Crippen molar-refractivity contribution in [3.05, 3.63) is 95.3 Å². The van der Waals surface area contributed by atoms with Crippen LogP contribution >= 0.6 is 0 Å². The molecule has 0 aliphatic heterocycles. The fourth-order valence-corrected chi connectivity index (χ4v) is 6.53. The van der Waals surface area contributed by atoms with E-state index in [9.17, 15) is 14.7 Å². The third kappa shape index (κ3) is 4.18. The molecule has 190 valence electrons. The lowest BCUT2D eigenvalue weighted by molar-refractivity contribution is -0.155. The van der Waals surface area contributed by atoms with Gasteiger partial charge in [-0.1, -0.05) is 36.8 Å². The quantitative estimate of drug-likeness (QED) is 0.432. The van der Waals surface area contributed by atoms with Gasteiger partial charge in [-0.3, -0.25) is 9.78 Å². The van der Waals surface area contributed by atoms with Gasteiger partial charge in [0.2, 0.25) is 5.60 Å². The second-order valence-corrected chi connectivity index (χ2v) is 11.1. The minimum absolute atomic E-state index is 0.00642. The third-order valence-corrected chi connectivity index (χ3v) is 8.68. The lowest BCUT2D eigenvalue weighted by Crippen LogP contribution is -2.39. The number of rotatable bonds is 8. The van der Waals surface area contributed by atoms with Crippen LogP contribution in [0, 0.1) is 11.8 Å². The number of hydrogen-bond donors (Lipinski definition) is 2. The molecule has 2 N–H and O–H groups in total. The van der Waals surface area contributed by atoms with E-state index in [1.165, 1.54) is 37.3 Å². The summed E-state index contributed by atoms with van der Waals surface area (Å²) in [7, 11) is 0. The number of carboxylic acid groups (broad SMARTS) is 1. The van der Waals surface area contributed by atoms with Crippen LogP contribution in [0.5, 0.6) is 5.75 Å². The standard InChI is InChI=1S/C31H32N2O4/c1-30(29(35)36,27-4-2-3-17-32-27)37-26-15-11-23(12-16-26)31(19-20-5-8-24(31)18-20)22-9-6-21(7-10-22)28(34)33-25-13-14-25/h2-4,6-7,9-12,15-17,20,24-25H,5,8,13-14,18-19H2,1H3,(H,33,34)(H,35,36)/t20-,24+,30?,31+/m1/s1. The van der Waals surface area contributed by atoms with Crippen LogP contribution in [0.4, 0.5) is 0 Å². The summed E-state index contributed by atoms with van der Waals surface area (Å²) in [6, 6.07) is 21.6. The Kier molecular flexibility index (Phi) is 5.78. The molecule has 3 fully saturated rings. The van der Waals surface area contributed by atoms with Gasteiger partial charge in [0.1, 0.15) is 5.75 Å². The van der Waals surface area contributed by atoms with Gasteiger partial charge in [0.15, 0.2) is 0 Å². The zero-order chi connectivity index (χ0) is 25.6. The second-order valence-electron chi connectivity index (χ2n) is 11.1. The summed E-state index contributed by atoms with van der Waals surface area (Å²) in [6.07, 6.45) is 8.50. The van der Waals surface area contributed by atoms with Crippen molar-refractivity contribution in [2.75, 3.05) is 0 Å². The van der Waals surface area contributed by atoms with E-state index in [-0.39, 0.29) is 11.3 Å². The summed E-state index contributed by atoms with van der Waals surface area (Å²) in [5, 5.41) is 13.0. The first-order chi connectivity index (χ1) is 17.9. The van der Waals surface area contributed by atoms with Gasteiger partial charge in [0.25, 0.3) is 5.91 Å². The average molecular weight is 497 g/mol. The van der Waals surface area contributed by atoms with E-state index in [2.05, 4.69) is 34.6 Å². The summed E-state index contributed by atoms with van der Waals surface area (Å²) < 4.78 is 6.04. The molecule has 3 saturated carbocycles. The predicted octanol–water partition coefficient (Wildman–Crippen LogP) is 5.46. The molecule has 2 aromatic carbocycles. The summed E-state index contributed by atoms with van der Waals surface area (Å²) in [5.74, 6) is 0.661. The second kappa shape index (κ2) is 9.02. The van der Waals surface area contributed by atoms with Crippen LogP contribution in [0.25, 0.3) is 0 Å². The maximum Gasteiger partial charge on any atom is 0.354 e. The highest BCUT2D eigenvalue weighted by molar-refractivity contribution is 5.94. The highest BCUT2D eigenvalue weighted by Crippen LogP contribution is 2.60. The van der Waals surface area contributed by atoms with Crippen molar-refractivity contribution >= 4 is 11.9 Å². The van der Waals surface area contributed by atoms with E-state index in [0.717, 1.165) is 19.3 Å². The van der Waals surface area contributed by atoms with E-state index in [1.54, 1.807) is 24.4 Å². The summed E-state index contributed by atoms with van der Waals surface area (Å²) in [5.41, 5.74) is 1.83. The normalized spacial score (nSPS) is 25.9. The van der Waals surface area contributed by atoms with Crippen molar-refractivity contribution in [1.82, 2.24) is 10.3 Å². The molecule has 3 aliphatic rings. The van der Waals surface area contributed by atoms with Gasteiger partial charge in [-0.25, -0.2) is 4.79 Å². The molecule has 4 atom stereocenters. The lowest BCUT2D eigenvalue weighted by atomic mass is 9.64. The molecule has 1 heterocycles. The molecule has 37 heavy (non-hydrogen) atoms. The molecule has 1 amide bonds. The van der Waals surface area contributed by atoms with Crippen molar-refractivity contribution in [2.45, 2.75) is 62.5 Å². The highest BCUT2D eigenvalue weighted by atomic mass is 16.5. The first kappa shape index (κ1) is 23.7. The van der Waals surface area contributed by atoms with Gasteiger partial charge in [0, 0.05) is 23.2 Å². The van der Waals surface area contributed by atoms with Gasteiger partial charge < -0.3 is 15.2 Å². The van der Waals surface area contributed by atoms with E-state index >= 15 is 0 Å². The van der Waals surface area contributed by atoms with E-state index in [0.29, 0.717) is 34.9 Å². The molecule has 2 bridgehead atoms. The number of carboxylic acids is 1. The Balaban J connectivity index is 1.30. The fraction of sp³-hybridized carbons (Fsp3) is 0.387. The van der Waals surface area contributed by atoms with Crippen LogP contribution < -0.4 is 10.1 Å². The number of fused-ring (bicyclic) bond motifs is 2. The highest BCUT2D eigenvalue weighted by Gasteiger charge is 2.52. The Morgan fingerprint density at radius 2 is 1.68 bits per heavy atom. The molecule has 6 heteroatoms. The summed E-state index contributed by atoms with van der Waals surface area (Å²) in [4.78, 5) is 28.9. The molecular formula is C31H32N2O4. The first-order valence-electron chi connectivity index (χ1n) is 13.2. The van der Waals surface area contributed by atoms with Crippen molar-refractivity contribution in [3.8, 4) is 5.75 Å². The predicted molar refractivity (Wildman–Crippen MR) is 139 cm³/mol. The Hall–Kier alpha value is -3.67. The van der Waals surface area contributed by atoms with Crippen LogP contribution in [0.1, 0.15) is 72.6 Å². The van der Waals surface area contributed by atoms with Crippen LogP contribution in [-0.4, -0.2) is 28.0 Å². The molecule has 0 spiro atoms. The topological polar surface area (TPSA) is 88.5 Å². The summed E-state index contributed by atoms with van der Waals surface area (Å²) in [6.45, 7) is 1.53. The molecule has 1 aromatic heterocycles. The van der Waals surface area contributed by atoms with Crippen LogP contribution in [0.2, 0.25) is 0 Å². The van der Waals surface area contributed by atoms with Gasteiger partial charge >= 0.3 is 5.97 Å². The Morgan fingerprint density at radius 3 is 2.22 bits per heavy atom. The van der Waals surface area contributed by atoms with Crippen molar-refractivity contribution in [1.29, 1.82) is 0 Å². The number of aliphatic carboxylic acids is 1. The Labute approximate surface area is 217 Å². The van der Waals surface area contributed by atoms with Gasteiger partial charge in [-0.15, -0.1) is 0 Å². The minimum atomic E-state index is -1.59. The Bertz CT molecular complexity index is 1300. The van der Waals surface area contributed by atoms with Gasteiger partial charge in [-0.05, 0) is 98.4 Å². The van der Waals surface area contributed by atoms with Crippen molar-refractivity contribution in [3.63, 3.8) is 0 Å². The van der Waals surface area contributed by atoms with Crippen LogP contribution in [-0.2, 0) is 15.8 Å². The van der Waals surface area contributed by atoms with Gasteiger partial charge in [-0.2, -0.15) is 0 Å². The van der Waals surface area contributed by atoms with Crippen LogP contribution in [0.15, 0.2) is 72.9 Å². The van der Waals surface area contributed by atoms with E-state index < -0.39 is 11.6 Å². The number of benzene rings is 2. The number of aromatic nitrogens is 1. The smallest absolute Gasteiger partial charge is 0.354 e. The summed E-state index contributed by atoms with van der Waals surface area (Å²) >= 11 is 0. The number of pyridine rings is 1. The van der Waals surface area contributed by atoms with Crippen molar-refractivity contribution < 1.29 is 19.4 Å². The number of carbonyl (C=O) groups excluding carboxylic acids is 1. The minimum Gasteiger partial charge on any atom is -0.478 e. The molecular weight excluding hydrogens is 464 g/mol. The number of ether oxygens (including phenoxy) is 1. The number of nitrogens with one attached hydrogen (secondary N) is 1. The largest absolute Gasteiger partial charge is 0.478 e. The molecule has 1 unspecified atom stereocenters. The van der Waals surface area contributed by atoms with Crippen LogP contribution in [0.3, 0.4) is 0 Å². The fourth-order valence-electron chi connectivity index (χ4n) is 6.53. The molecule has 6 rings (SSSR count). The molecule has 3 aromatic rings. The van der Waals surface area contributed by atoms with Crippen molar-refractivity contribution in [2.24, 2.45) is 11.8 Å². The van der Waals surface area contributed by atoms with E-state index in [4.69, 9.17) is 4.74 Å².